The van der Waals surface area contributed by atoms with Gasteiger partial charge < -0.3 is 20.0 Å². The zero-order valence-electron chi connectivity index (χ0n) is 14.5. The van der Waals surface area contributed by atoms with Crippen molar-refractivity contribution in [2.75, 3.05) is 16.8 Å². The molecular formula is C19H18ClN5OS. The molecular weight excluding hydrogens is 382 g/mol. The molecule has 0 saturated carbocycles. The fourth-order valence-electron chi connectivity index (χ4n) is 3.04. The van der Waals surface area contributed by atoms with Crippen molar-refractivity contribution in [3.8, 4) is 0 Å². The van der Waals surface area contributed by atoms with Crippen LogP contribution in [-0.2, 0) is 19.5 Å². The van der Waals surface area contributed by atoms with E-state index in [1.807, 2.05) is 12.1 Å². The summed E-state index contributed by atoms with van der Waals surface area (Å²) in [5.41, 5.74) is 2.69. The summed E-state index contributed by atoms with van der Waals surface area (Å²) in [7, 11) is 0. The lowest BCUT2D eigenvalue weighted by Crippen LogP contribution is -2.32. The van der Waals surface area contributed by atoms with Gasteiger partial charge >= 0.3 is 0 Å². The van der Waals surface area contributed by atoms with Crippen LogP contribution in [-0.4, -0.2) is 21.6 Å². The molecule has 0 unspecified atom stereocenters. The van der Waals surface area contributed by atoms with Crippen LogP contribution >= 0.6 is 23.8 Å². The molecule has 0 fully saturated rings. The third kappa shape index (κ3) is 4.37. The maximum atomic E-state index is 6.21. The number of anilines is 2. The minimum Gasteiger partial charge on any atom is -0.467 e. The number of nitrogens with zero attached hydrogens (tertiary/aromatic N) is 3. The number of benzene rings is 1. The van der Waals surface area contributed by atoms with Crippen LogP contribution in [0.15, 0.2) is 53.1 Å². The molecule has 1 aromatic carbocycles. The van der Waals surface area contributed by atoms with Crippen LogP contribution < -0.4 is 15.5 Å². The van der Waals surface area contributed by atoms with Gasteiger partial charge in [-0.05, 0) is 41.9 Å². The van der Waals surface area contributed by atoms with Gasteiger partial charge in [0, 0.05) is 19.2 Å². The lowest BCUT2D eigenvalue weighted by atomic mass is 10.00. The molecule has 1 aliphatic heterocycles. The van der Waals surface area contributed by atoms with E-state index in [0.29, 0.717) is 22.8 Å². The Kier molecular flexibility index (Phi) is 5.22. The van der Waals surface area contributed by atoms with E-state index in [4.69, 9.17) is 28.2 Å². The Hall–Kier alpha value is -2.64. The summed E-state index contributed by atoms with van der Waals surface area (Å²) >= 11 is 11.5. The predicted molar refractivity (Wildman–Crippen MR) is 110 cm³/mol. The summed E-state index contributed by atoms with van der Waals surface area (Å²) in [6.07, 6.45) is 2.60. The first-order valence-corrected chi connectivity index (χ1v) is 9.39. The summed E-state index contributed by atoms with van der Waals surface area (Å²) in [4.78, 5) is 11.0. The third-order valence-corrected chi connectivity index (χ3v) is 4.80. The van der Waals surface area contributed by atoms with E-state index >= 15 is 0 Å². The van der Waals surface area contributed by atoms with Gasteiger partial charge in [-0.25, -0.2) is 4.98 Å². The molecule has 0 spiro atoms. The molecule has 8 heteroatoms. The van der Waals surface area contributed by atoms with Crippen molar-refractivity contribution < 1.29 is 4.42 Å². The van der Waals surface area contributed by atoms with Crippen molar-refractivity contribution in [1.82, 2.24) is 15.3 Å². The predicted octanol–water partition coefficient (Wildman–Crippen LogP) is 3.77. The minimum absolute atomic E-state index is 0.369. The summed E-state index contributed by atoms with van der Waals surface area (Å²) in [5, 5.41) is 6.82. The first kappa shape index (κ1) is 17.8. The van der Waals surface area contributed by atoms with Gasteiger partial charge in [-0.3, -0.25) is 0 Å². The number of hydrogen-bond acceptors (Lipinski definition) is 5. The summed E-state index contributed by atoms with van der Waals surface area (Å²) in [6.45, 7) is 2.16. The average Bonchev–Trinajstić information content (AvgIpc) is 3.19. The number of fused-ring (bicyclic) bond motifs is 1. The fourth-order valence-corrected chi connectivity index (χ4v) is 3.38. The van der Waals surface area contributed by atoms with Crippen LogP contribution in [0.1, 0.15) is 16.9 Å². The number of hydrogen-bond donors (Lipinski definition) is 2. The molecule has 2 N–H and O–H groups in total. The van der Waals surface area contributed by atoms with Gasteiger partial charge in [-0.15, -0.1) is 0 Å². The zero-order valence-corrected chi connectivity index (χ0v) is 16.1. The first-order chi connectivity index (χ1) is 13.2. The highest BCUT2D eigenvalue weighted by Crippen LogP contribution is 2.25. The van der Waals surface area contributed by atoms with Gasteiger partial charge in [-0.1, -0.05) is 35.9 Å². The van der Waals surface area contributed by atoms with E-state index in [-0.39, 0.29) is 0 Å². The number of aromatic nitrogens is 2. The zero-order chi connectivity index (χ0) is 18.6. The Labute approximate surface area is 167 Å². The molecule has 6 nitrogen and oxygen atoms in total. The fraction of sp³-hybridized carbons (Fsp3) is 0.211. The molecule has 0 bridgehead atoms. The Morgan fingerprint density at radius 1 is 1.19 bits per heavy atom. The highest BCUT2D eigenvalue weighted by molar-refractivity contribution is 7.80. The van der Waals surface area contributed by atoms with Crippen molar-refractivity contribution in [3.63, 3.8) is 0 Å². The molecule has 138 valence electrons. The molecule has 0 aliphatic carbocycles. The molecule has 3 heterocycles. The molecule has 27 heavy (non-hydrogen) atoms. The van der Waals surface area contributed by atoms with E-state index in [1.165, 1.54) is 11.1 Å². The lowest BCUT2D eigenvalue weighted by molar-refractivity contribution is 0.503. The smallest absolute Gasteiger partial charge is 0.232 e. The molecule has 4 rings (SSSR count). The van der Waals surface area contributed by atoms with Crippen molar-refractivity contribution in [1.29, 1.82) is 0 Å². The molecule has 2 aromatic heterocycles. The number of furan rings is 1. The van der Waals surface area contributed by atoms with Gasteiger partial charge in [0.2, 0.25) is 5.95 Å². The topological polar surface area (TPSA) is 66.2 Å². The molecule has 0 radical (unpaired) electrons. The summed E-state index contributed by atoms with van der Waals surface area (Å²) in [5.74, 6) is 1.94. The second-order valence-corrected chi connectivity index (χ2v) is 7.00. The molecule has 0 saturated heterocycles. The molecule has 0 amide bonds. The highest BCUT2D eigenvalue weighted by Gasteiger charge is 2.18. The summed E-state index contributed by atoms with van der Waals surface area (Å²) in [6, 6.07) is 13.9. The SMILES string of the molecule is S=C(NCc1ccco1)Nc1nc(Cl)cc(N2CCc3ccccc3C2)n1. The number of rotatable bonds is 4. The maximum Gasteiger partial charge on any atom is 0.232 e. The molecule has 1 aliphatic rings. The van der Waals surface area contributed by atoms with Crippen LogP contribution in [0.2, 0.25) is 5.15 Å². The Morgan fingerprint density at radius 3 is 2.85 bits per heavy atom. The quantitative estimate of drug-likeness (QED) is 0.511. The van der Waals surface area contributed by atoms with Crippen LogP contribution in [0.4, 0.5) is 11.8 Å². The highest BCUT2D eigenvalue weighted by atomic mass is 35.5. The minimum atomic E-state index is 0.369. The maximum absolute atomic E-state index is 6.21. The van der Waals surface area contributed by atoms with E-state index in [2.05, 4.69) is 49.8 Å². The average molecular weight is 400 g/mol. The van der Waals surface area contributed by atoms with Gasteiger partial charge in [-0.2, -0.15) is 4.98 Å². The summed E-state index contributed by atoms with van der Waals surface area (Å²) < 4.78 is 5.27. The van der Waals surface area contributed by atoms with Gasteiger partial charge in [0.25, 0.3) is 0 Å². The molecule has 0 atom stereocenters. The number of halogens is 1. The largest absolute Gasteiger partial charge is 0.467 e. The van der Waals surface area contributed by atoms with Crippen LogP contribution in [0, 0.1) is 0 Å². The van der Waals surface area contributed by atoms with Crippen molar-refractivity contribution in [2.24, 2.45) is 0 Å². The van der Waals surface area contributed by atoms with Gasteiger partial charge in [0.1, 0.15) is 16.7 Å². The van der Waals surface area contributed by atoms with Crippen LogP contribution in [0.5, 0.6) is 0 Å². The monoisotopic (exact) mass is 399 g/mol. The third-order valence-electron chi connectivity index (χ3n) is 4.36. The van der Waals surface area contributed by atoms with E-state index in [1.54, 1.807) is 12.3 Å². The molecule has 3 aromatic rings. The Bertz CT molecular complexity index is 947. The second kappa shape index (κ2) is 7.94. The van der Waals surface area contributed by atoms with E-state index in [0.717, 1.165) is 31.1 Å². The first-order valence-electron chi connectivity index (χ1n) is 8.61. The van der Waals surface area contributed by atoms with Gasteiger partial charge in [0.15, 0.2) is 5.11 Å². The van der Waals surface area contributed by atoms with E-state index < -0.39 is 0 Å². The van der Waals surface area contributed by atoms with E-state index in [9.17, 15) is 0 Å². The number of nitrogens with one attached hydrogen (secondary N) is 2. The number of thiocarbonyl (C=S) groups is 1. The van der Waals surface area contributed by atoms with Crippen molar-refractivity contribution >= 4 is 40.7 Å². The standard InChI is InChI=1S/C19H18ClN5OS/c20-16-10-17(25-8-7-13-4-1-2-5-14(13)12-25)23-18(22-16)24-19(27)21-11-15-6-3-9-26-15/h1-6,9-10H,7-8,11-12H2,(H2,21,22,23,24,27). The van der Waals surface area contributed by atoms with Crippen LogP contribution in [0.3, 0.4) is 0 Å². The Balaban J connectivity index is 1.44. The normalized spacial score (nSPS) is 13.1. The van der Waals surface area contributed by atoms with Crippen molar-refractivity contribution in [3.05, 3.63) is 70.8 Å². The van der Waals surface area contributed by atoms with Crippen LogP contribution in [0.25, 0.3) is 0 Å². The van der Waals surface area contributed by atoms with Crippen molar-refractivity contribution in [2.45, 2.75) is 19.5 Å². The lowest BCUT2D eigenvalue weighted by Gasteiger charge is -2.30. The Morgan fingerprint density at radius 2 is 2.04 bits per heavy atom. The van der Waals surface area contributed by atoms with Gasteiger partial charge in [0.05, 0.1) is 12.8 Å². The second-order valence-electron chi connectivity index (χ2n) is 6.20.